The summed E-state index contributed by atoms with van der Waals surface area (Å²) in [5, 5.41) is 14.0. The van der Waals surface area contributed by atoms with E-state index in [1.165, 1.54) is 30.3 Å². The Kier molecular flexibility index (Phi) is 8.08. The summed E-state index contributed by atoms with van der Waals surface area (Å²) < 4.78 is 28.6. The molecule has 0 aliphatic rings. The number of aryl methyl sites for hydroxylation is 1. The zero-order valence-corrected chi connectivity index (χ0v) is 22.5. The number of H-pyrrole nitrogens is 1. The molecule has 1 heterocycles. The number of nitrogens with one attached hydrogen (secondary N) is 2. The summed E-state index contributed by atoms with van der Waals surface area (Å²) in [5.41, 5.74) is 2.42. The largest absolute Gasteiger partial charge is 0.480 e. The summed E-state index contributed by atoms with van der Waals surface area (Å²) >= 11 is 6.11. The molecule has 0 bridgehead atoms. The van der Waals surface area contributed by atoms with Crippen molar-refractivity contribution in [1.82, 2.24) is 4.98 Å². The van der Waals surface area contributed by atoms with Crippen molar-refractivity contribution >= 4 is 55.8 Å². The third-order valence-electron chi connectivity index (χ3n) is 6.17. The van der Waals surface area contributed by atoms with Gasteiger partial charge >= 0.3 is 5.97 Å². The molecule has 3 aromatic carbocycles. The average molecular weight is 554 g/mol. The average Bonchev–Trinajstić information content (AvgIpc) is 3.28. The van der Waals surface area contributed by atoms with Gasteiger partial charge in [0.05, 0.1) is 10.6 Å². The van der Waals surface area contributed by atoms with Crippen molar-refractivity contribution in [1.29, 1.82) is 0 Å². The summed E-state index contributed by atoms with van der Waals surface area (Å²) in [6, 6.07) is 18.3. The van der Waals surface area contributed by atoms with Crippen molar-refractivity contribution in [3.05, 3.63) is 89.6 Å². The van der Waals surface area contributed by atoms with E-state index in [2.05, 4.69) is 10.3 Å². The zero-order valence-electron chi connectivity index (χ0n) is 20.9. The van der Waals surface area contributed by atoms with Crippen molar-refractivity contribution in [2.75, 3.05) is 9.62 Å². The number of carbonyl (C=O) groups excluding carboxylic acids is 1. The Hall–Kier alpha value is -3.82. The van der Waals surface area contributed by atoms with Crippen molar-refractivity contribution in [2.24, 2.45) is 5.92 Å². The van der Waals surface area contributed by atoms with E-state index in [0.717, 1.165) is 20.8 Å². The van der Waals surface area contributed by atoms with Crippen LogP contribution in [0.5, 0.6) is 0 Å². The van der Waals surface area contributed by atoms with Gasteiger partial charge in [0.2, 0.25) is 5.91 Å². The van der Waals surface area contributed by atoms with Crippen LogP contribution in [0.15, 0.2) is 83.9 Å². The third kappa shape index (κ3) is 5.84. The van der Waals surface area contributed by atoms with Crippen LogP contribution in [-0.4, -0.2) is 36.4 Å². The fourth-order valence-corrected chi connectivity index (χ4v) is 6.34. The second-order valence-electron chi connectivity index (χ2n) is 9.24. The number of nitrogens with zero attached hydrogens (tertiary/aromatic N) is 1. The number of para-hydroxylation sites is 1. The van der Waals surface area contributed by atoms with Gasteiger partial charge in [-0.25, -0.2) is 13.2 Å². The summed E-state index contributed by atoms with van der Waals surface area (Å²) in [7, 11) is -4.35. The summed E-state index contributed by atoms with van der Waals surface area (Å²) in [4.78, 5) is 27.9. The van der Waals surface area contributed by atoms with Gasteiger partial charge in [0.25, 0.3) is 10.0 Å². The molecule has 1 unspecified atom stereocenters. The summed E-state index contributed by atoms with van der Waals surface area (Å²) in [6.45, 7) is 3.27. The second-order valence-corrected chi connectivity index (χ2v) is 11.5. The monoisotopic (exact) mass is 553 g/mol. The van der Waals surface area contributed by atoms with Gasteiger partial charge in [-0.15, -0.1) is 0 Å². The molecule has 0 aliphatic carbocycles. The van der Waals surface area contributed by atoms with Crippen LogP contribution in [0.25, 0.3) is 10.9 Å². The highest BCUT2D eigenvalue weighted by Gasteiger charge is 2.38. The molecule has 3 N–H and O–H groups in total. The number of anilines is 2. The Bertz CT molecular complexity index is 1580. The summed E-state index contributed by atoms with van der Waals surface area (Å²) in [6.07, 6.45) is 2.58. The minimum atomic E-state index is -4.35. The Morgan fingerprint density at radius 2 is 1.76 bits per heavy atom. The lowest BCUT2D eigenvalue weighted by molar-refractivity contribution is -0.139. The van der Waals surface area contributed by atoms with E-state index in [0.29, 0.717) is 6.42 Å². The number of carbonyl (C=O) groups is 2. The number of benzene rings is 3. The lowest BCUT2D eigenvalue weighted by Gasteiger charge is -2.32. The highest BCUT2D eigenvalue weighted by Crippen LogP contribution is 2.32. The van der Waals surface area contributed by atoms with Crippen LogP contribution in [0.4, 0.5) is 11.4 Å². The number of aromatic nitrogens is 1. The first-order valence-corrected chi connectivity index (χ1v) is 13.9. The number of aliphatic carboxylic acids is 1. The standard InChI is InChI=1S/C28H28ClN3O5S/c1-18(2)27(28(34)35)32(22-9-5-7-20(29)15-22)38(36,37)23-10-6-8-21(16-23)31-26(33)14-13-19-17-30-25-12-4-3-11-24(19)25/h3-12,15-18,27,30H,13-14H2,1-2H3,(H,31,33)(H,34,35). The van der Waals surface area contributed by atoms with Gasteiger partial charge in [-0.05, 0) is 60.4 Å². The van der Waals surface area contributed by atoms with E-state index in [1.807, 2.05) is 30.5 Å². The van der Waals surface area contributed by atoms with Crippen LogP contribution in [0.1, 0.15) is 25.8 Å². The Balaban J connectivity index is 1.59. The number of fused-ring (bicyclic) bond motifs is 1. The van der Waals surface area contributed by atoms with Gasteiger partial charge in [-0.1, -0.05) is 55.8 Å². The number of sulfonamides is 1. The first-order chi connectivity index (χ1) is 18.1. The lowest BCUT2D eigenvalue weighted by Crippen LogP contribution is -2.48. The highest BCUT2D eigenvalue weighted by atomic mass is 35.5. The van der Waals surface area contributed by atoms with Crippen LogP contribution in [0.3, 0.4) is 0 Å². The topological polar surface area (TPSA) is 120 Å². The van der Waals surface area contributed by atoms with E-state index in [4.69, 9.17) is 11.6 Å². The molecular formula is C28H28ClN3O5S. The van der Waals surface area contributed by atoms with Gasteiger partial charge in [-0.2, -0.15) is 0 Å². The predicted octanol–water partition coefficient (Wildman–Crippen LogP) is 5.70. The molecule has 0 spiro atoms. The third-order valence-corrected chi connectivity index (χ3v) is 8.21. The molecule has 198 valence electrons. The van der Waals surface area contributed by atoms with Crippen molar-refractivity contribution < 1.29 is 23.1 Å². The molecule has 38 heavy (non-hydrogen) atoms. The van der Waals surface area contributed by atoms with E-state index in [1.54, 1.807) is 32.0 Å². The quantitative estimate of drug-likeness (QED) is 0.233. The van der Waals surface area contributed by atoms with Crippen molar-refractivity contribution in [3.8, 4) is 0 Å². The SMILES string of the molecule is CC(C)C(C(=O)O)N(c1cccc(Cl)c1)S(=O)(=O)c1cccc(NC(=O)CCc2c[nH]c3ccccc23)c1. The van der Waals surface area contributed by atoms with Gasteiger partial charge in [0, 0.05) is 34.2 Å². The van der Waals surface area contributed by atoms with E-state index < -0.39 is 28.0 Å². The lowest BCUT2D eigenvalue weighted by atomic mass is 10.0. The highest BCUT2D eigenvalue weighted by molar-refractivity contribution is 7.93. The Morgan fingerprint density at radius 1 is 1.03 bits per heavy atom. The molecule has 1 amide bonds. The van der Waals surface area contributed by atoms with Crippen LogP contribution >= 0.6 is 11.6 Å². The maximum absolute atomic E-state index is 13.8. The number of amides is 1. The first-order valence-electron chi connectivity index (χ1n) is 12.1. The number of carboxylic acid groups (broad SMARTS) is 1. The maximum atomic E-state index is 13.8. The first kappa shape index (κ1) is 27.2. The maximum Gasteiger partial charge on any atom is 0.327 e. The predicted molar refractivity (Wildman–Crippen MR) is 149 cm³/mol. The normalized spacial score (nSPS) is 12.4. The van der Waals surface area contributed by atoms with Gasteiger partial charge in [0.15, 0.2) is 0 Å². The molecule has 0 radical (unpaired) electrons. The molecule has 1 aromatic heterocycles. The second kappa shape index (κ2) is 11.3. The summed E-state index contributed by atoms with van der Waals surface area (Å²) in [5.74, 6) is -2.11. The van der Waals surface area contributed by atoms with Crippen molar-refractivity contribution in [3.63, 3.8) is 0 Å². The molecule has 10 heteroatoms. The van der Waals surface area contributed by atoms with Gasteiger partial charge < -0.3 is 15.4 Å². The number of hydrogen-bond acceptors (Lipinski definition) is 4. The molecule has 0 aliphatic heterocycles. The van der Waals surface area contributed by atoms with Gasteiger partial charge in [0.1, 0.15) is 6.04 Å². The Labute approximate surface area is 226 Å². The fraction of sp³-hybridized carbons (Fsp3) is 0.214. The van der Waals surface area contributed by atoms with E-state index in [9.17, 15) is 23.1 Å². The molecule has 0 saturated heterocycles. The number of halogens is 1. The van der Waals surface area contributed by atoms with Crippen LogP contribution in [0.2, 0.25) is 5.02 Å². The number of hydrogen-bond donors (Lipinski definition) is 3. The molecular weight excluding hydrogens is 526 g/mol. The minimum Gasteiger partial charge on any atom is -0.480 e. The molecule has 4 rings (SSSR count). The smallest absolute Gasteiger partial charge is 0.327 e. The molecule has 0 fully saturated rings. The fourth-order valence-electron chi connectivity index (χ4n) is 4.38. The molecule has 4 aromatic rings. The van der Waals surface area contributed by atoms with Crippen LogP contribution in [0, 0.1) is 5.92 Å². The number of aromatic amines is 1. The minimum absolute atomic E-state index is 0.131. The molecule has 0 saturated carbocycles. The van der Waals surface area contributed by atoms with E-state index >= 15 is 0 Å². The molecule has 8 nitrogen and oxygen atoms in total. The molecule has 1 atom stereocenters. The Morgan fingerprint density at radius 3 is 2.47 bits per heavy atom. The van der Waals surface area contributed by atoms with E-state index in [-0.39, 0.29) is 33.6 Å². The van der Waals surface area contributed by atoms with Gasteiger partial charge in [-0.3, -0.25) is 9.10 Å². The zero-order chi connectivity index (χ0) is 27.4. The number of rotatable bonds is 10. The van der Waals surface area contributed by atoms with Crippen molar-refractivity contribution in [2.45, 2.75) is 37.6 Å². The van der Waals surface area contributed by atoms with Crippen LogP contribution in [-0.2, 0) is 26.0 Å². The number of carboxylic acids is 1. The van der Waals surface area contributed by atoms with Crippen LogP contribution < -0.4 is 9.62 Å².